The zero-order chi connectivity index (χ0) is 20.9. The van der Waals surface area contributed by atoms with Crippen LogP contribution in [0.1, 0.15) is 15.5 Å². The lowest BCUT2D eigenvalue weighted by molar-refractivity contribution is 0.102. The summed E-state index contributed by atoms with van der Waals surface area (Å²) in [5.41, 5.74) is 1.71. The van der Waals surface area contributed by atoms with Crippen molar-refractivity contribution in [3.8, 4) is 5.75 Å². The maximum Gasteiger partial charge on any atom is 0.275 e. The SMILES string of the molecule is O=C(Nc1cccc(Cl)c1N1CCOCC1)c1csc(COc2ccc(F)cc2)n1. The van der Waals surface area contributed by atoms with E-state index >= 15 is 0 Å². The van der Waals surface area contributed by atoms with Crippen LogP contribution in [0.2, 0.25) is 5.02 Å². The van der Waals surface area contributed by atoms with E-state index < -0.39 is 0 Å². The van der Waals surface area contributed by atoms with Gasteiger partial charge >= 0.3 is 0 Å². The van der Waals surface area contributed by atoms with Crippen molar-refractivity contribution in [2.75, 3.05) is 36.5 Å². The molecule has 3 aromatic rings. The van der Waals surface area contributed by atoms with E-state index in [-0.39, 0.29) is 18.3 Å². The summed E-state index contributed by atoms with van der Waals surface area (Å²) in [6, 6.07) is 11.2. The van der Waals surface area contributed by atoms with Gasteiger partial charge in [0.2, 0.25) is 0 Å². The maximum atomic E-state index is 13.0. The Morgan fingerprint density at radius 2 is 2.00 bits per heavy atom. The number of hydrogen-bond acceptors (Lipinski definition) is 6. The molecule has 6 nitrogen and oxygen atoms in total. The lowest BCUT2D eigenvalue weighted by Gasteiger charge is -2.31. The molecule has 0 unspecified atom stereocenters. The average molecular weight is 448 g/mol. The first-order valence-electron chi connectivity index (χ1n) is 9.35. The molecule has 1 aromatic heterocycles. The third-order valence-corrected chi connectivity index (χ3v) is 5.65. The monoisotopic (exact) mass is 447 g/mol. The number of benzene rings is 2. The van der Waals surface area contributed by atoms with Crippen LogP contribution in [0, 0.1) is 5.82 Å². The molecule has 0 aliphatic carbocycles. The fourth-order valence-electron chi connectivity index (χ4n) is 3.07. The Balaban J connectivity index is 1.43. The number of anilines is 2. The van der Waals surface area contributed by atoms with Crippen LogP contribution in [0.5, 0.6) is 5.75 Å². The Bertz CT molecular complexity index is 1020. The van der Waals surface area contributed by atoms with Gasteiger partial charge in [-0.25, -0.2) is 9.37 Å². The predicted octanol–water partition coefficient (Wildman–Crippen LogP) is 4.60. The molecule has 4 rings (SSSR count). The summed E-state index contributed by atoms with van der Waals surface area (Å²) in [5, 5.41) is 5.81. The summed E-state index contributed by atoms with van der Waals surface area (Å²) in [6.45, 7) is 2.83. The van der Waals surface area contributed by atoms with Gasteiger partial charge in [-0.15, -0.1) is 11.3 Å². The van der Waals surface area contributed by atoms with Gasteiger partial charge in [0.1, 0.15) is 28.9 Å². The van der Waals surface area contributed by atoms with E-state index in [4.69, 9.17) is 21.1 Å². The number of nitrogens with zero attached hydrogens (tertiary/aromatic N) is 2. The Kier molecular flexibility index (Phi) is 6.47. The number of ether oxygens (including phenoxy) is 2. The second-order valence-corrected chi connectivity index (χ2v) is 7.91. The van der Waals surface area contributed by atoms with Crippen LogP contribution in [0.4, 0.5) is 15.8 Å². The van der Waals surface area contributed by atoms with Crippen molar-refractivity contribution in [3.05, 3.63) is 69.4 Å². The number of hydrogen-bond donors (Lipinski definition) is 1. The van der Waals surface area contributed by atoms with Crippen LogP contribution in [0.25, 0.3) is 0 Å². The molecule has 0 bridgehead atoms. The summed E-state index contributed by atoms with van der Waals surface area (Å²) >= 11 is 7.74. The highest BCUT2D eigenvalue weighted by molar-refractivity contribution is 7.09. The van der Waals surface area contributed by atoms with Crippen molar-refractivity contribution in [1.29, 1.82) is 0 Å². The van der Waals surface area contributed by atoms with Crippen LogP contribution < -0.4 is 15.0 Å². The molecule has 1 saturated heterocycles. The molecule has 1 aliphatic heterocycles. The van der Waals surface area contributed by atoms with Crippen LogP contribution >= 0.6 is 22.9 Å². The Labute approximate surface area is 182 Å². The number of aromatic nitrogens is 1. The number of rotatable bonds is 6. The van der Waals surface area contributed by atoms with Crippen molar-refractivity contribution < 1.29 is 18.7 Å². The lowest BCUT2D eigenvalue weighted by atomic mass is 10.2. The fourth-order valence-corrected chi connectivity index (χ4v) is 4.05. The van der Waals surface area contributed by atoms with Gasteiger partial charge in [0.15, 0.2) is 0 Å². The van der Waals surface area contributed by atoms with E-state index in [0.717, 1.165) is 5.69 Å². The lowest BCUT2D eigenvalue weighted by Crippen LogP contribution is -2.37. The number of thiazole rings is 1. The van der Waals surface area contributed by atoms with Crippen LogP contribution in [-0.2, 0) is 11.3 Å². The molecule has 30 heavy (non-hydrogen) atoms. The Hall–Kier alpha value is -2.68. The number of morpholine rings is 1. The summed E-state index contributed by atoms with van der Waals surface area (Å²) in [6.07, 6.45) is 0. The number of carbonyl (C=O) groups excluding carboxylic acids is 1. The summed E-state index contributed by atoms with van der Waals surface area (Å²) in [5.74, 6) is -0.115. The normalized spacial score (nSPS) is 13.9. The molecule has 2 heterocycles. The highest BCUT2D eigenvalue weighted by atomic mass is 35.5. The number of nitrogens with one attached hydrogen (secondary N) is 1. The highest BCUT2D eigenvalue weighted by Crippen LogP contribution is 2.34. The molecule has 2 aromatic carbocycles. The molecule has 1 fully saturated rings. The van der Waals surface area contributed by atoms with Gasteiger partial charge in [-0.05, 0) is 36.4 Å². The molecule has 0 saturated carbocycles. The van der Waals surface area contributed by atoms with Crippen LogP contribution in [0.3, 0.4) is 0 Å². The highest BCUT2D eigenvalue weighted by Gasteiger charge is 2.20. The molecule has 1 amide bonds. The van der Waals surface area contributed by atoms with Crippen molar-refractivity contribution >= 4 is 40.2 Å². The molecular weight excluding hydrogens is 429 g/mol. The standard InChI is InChI=1S/C21H19ClFN3O3S/c22-16-2-1-3-17(20(16)26-8-10-28-11-9-26)25-21(27)18-13-30-19(24-18)12-29-15-6-4-14(23)5-7-15/h1-7,13H,8-12H2,(H,25,27). The van der Waals surface area contributed by atoms with E-state index in [2.05, 4.69) is 15.2 Å². The molecule has 0 spiro atoms. The smallest absolute Gasteiger partial charge is 0.275 e. The van der Waals surface area contributed by atoms with E-state index in [9.17, 15) is 9.18 Å². The molecule has 9 heteroatoms. The van der Waals surface area contributed by atoms with Crippen LogP contribution in [0.15, 0.2) is 47.8 Å². The van der Waals surface area contributed by atoms with Crippen LogP contribution in [-0.4, -0.2) is 37.2 Å². The van der Waals surface area contributed by atoms with Gasteiger partial charge in [-0.2, -0.15) is 0 Å². The molecule has 1 N–H and O–H groups in total. The zero-order valence-corrected chi connectivity index (χ0v) is 17.5. The first kappa shape index (κ1) is 20.6. The Morgan fingerprint density at radius 3 is 2.77 bits per heavy atom. The zero-order valence-electron chi connectivity index (χ0n) is 15.9. The average Bonchev–Trinajstić information content (AvgIpc) is 3.23. The van der Waals surface area contributed by atoms with E-state index in [1.165, 1.54) is 23.5 Å². The van der Waals surface area contributed by atoms with Gasteiger partial charge in [-0.1, -0.05) is 17.7 Å². The molecule has 1 aliphatic rings. The second-order valence-electron chi connectivity index (χ2n) is 6.56. The van der Waals surface area contributed by atoms with Crippen molar-refractivity contribution in [2.45, 2.75) is 6.61 Å². The van der Waals surface area contributed by atoms with Gasteiger partial charge in [-0.3, -0.25) is 4.79 Å². The third-order valence-electron chi connectivity index (χ3n) is 4.52. The number of amides is 1. The van der Waals surface area contributed by atoms with Crippen molar-refractivity contribution in [3.63, 3.8) is 0 Å². The van der Waals surface area contributed by atoms with Crippen molar-refractivity contribution in [2.24, 2.45) is 0 Å². The quantitative estimate of drug-likeness (QED) is 0.598. The van der Waals surface area contributed by atoms with Gasteiger partial charge in [0, 0.05) is 18.5 Å². The fraction of sp³-hybridized carbons (Fsp3) is 0.238. The first-order chi connectivity index (χ1) is 14.6. The molecule has 156 valence electrons. The van der Waals surface area contributed by atoms with E-state index in [1.54, 1.807) is 29.6 Å². The minimum atomic E-state index is -0.326. The summed E-state index contributed by atoms with van der Waals surface area (Å²) in [7, 11) is 0. The Morgan fingerprint density at radius 1 is 1.23 bits per heavy atom. The number of para-hydroxylation sites is 1. The largest absolute Gasteiger partial charge is 0.486 e. The van der Waals surface area contributed by atoms with Gasteiger partial charge in [0.25, 0.3) is 5.91 Å². The molecule has 0 atom stereocenters. The third kappa shape index (κ3) is 4.89. The first-order valence-corrected chi connectivity index (χ1v) is 10.6. The maximum absolute atomic E-state index is 13.0. The minimum absolute atomic E-state index is 0.194. The predicted molar refractivity (Wildman–Crippen MR) is 115 cm³/mol. The van der Waals surface area contributed by atoms with Crippen molar-refractivity contribution in [1.82, 2.24) is 4.98 Å². The molecular formula is C21H19ClFN3O3S. The second kappa shape index (κ2) is 9.42. The molecule has 0 radical (unpaired) electrons. The summed E-state index contributed by atoms with van der Waals surface area (Å²) in [4.78, 5) is 19.2. The van der Waals surface area contributed by atoms with Gasteiger partial charge in [0.05, 0.1) is 29.6 Å². The topological polar surface area (TPSA) is 63.7 Å². The minimum Gasteiger partial charge on any atom is -0.486 e. The van der Waals surface area contributed by atoms with E-state index in [0.29, 0.717) is 53.5 Å². The number of halogens is 2. The number of carbonyl (C=O) groups is 1. The summed E-state index contributed by atoms with van der Waals surface area (Å²) < 4.78 is 24.0. The van der Waals surface area contributed by atoms with Gasteiger partial charge < -0.3 is 19.7 Å². The van der Waals surface area contributed by atoms with E-state index in [1.807, 2.05) is 6.07 Å².